The molecule has 1 aromatic carbocycles. The third kappa shape index (κ3) is 4.53. The SMILES string of the molecule is O=C1CN(Cc2ccnc(N3CCOCC3)c2)Cc2cc(C(=O)NO)ccc2N1. The first kappa shape index (κ1) is 19.3. The van der Waals surface area contributed by atoms with E-state index in [1.54, 1.807) is 29.9 Å². The summed E-state index contributed by atoms with van der Waals surface area (Å²) in [7, 11) is 0. The number of benzene rings is 1. The first-order valence-corrected chi connectivity index (χ1v) is 9.49. The maximum Gasteiger partial charge on any atom is 0.274 e. The van der Waals surface area contributed by atoms with Crippen LogP contribution in [0.25, 0.3) is 0 Å². The van der Waals surface area contributed by atoms with Crippen molar-refractivity contribution in [2.24, 2.45) is 0 Å². The topological polar surface area (TPSA) is 107 Å². The van der Waals surface area contributed by atoms with Crippen molar-refractivity contribution in [3.63, 3.8) is 0 Å². The Labute approximate surface area is 168 Å². The van der Waals surface area contributed by atoms with Crippen molar-refractivity contribution in [3.8, 4) is 0 Å². The van der Waals surface area contributed by atoms with E-state index in [1.165, 1.54) is 0 Å². The molecule has 2 amide bonds. The third-order valence-corrected chi connectivity index (χ3v) is 5.06. The molecule has 2 aliphatic heterocycles. The molecule has 1 saturated heterocycles. The molecule has 9 heteroatoms. The van der Waals surface area contributed by atoms with Gasteiger partial charge in [0.2, 0.25) is 5.91 Å². The van der Waals surface area contributed by atoms with Crippen molar-refractivity contribution in [2.45, 2.75) is 13.1 Å². The summed E-state index contributed by atoms with van der Waals surface area (Å²) in [5.74, 6) is 0.220. The Morgan fingerprint density at radius 1 is 1.21 bits per heavy atom. The molecule has 4 rings (SSSR count). The summed E-state index contributed by atoms with van der Waals surface area (Å²) in [4.78, 5) is 32.7. The molecule has 0 bridgehead atoms. The molecule has 3 heterocycles. The standard InChI is InChI=1S/C20H23N5O4/c26-19-13-24(12-16-10-15(20(27)23-28)1-2-17(16)22-19)11-14-3-4-21-18(9-14)25-5-7-29-8-6-25/h1-4,9-10,28H,5-8,11-13H2,(H,22,26)(H,23,27). The van der Waals surface area contributed by atoms with E-state index >= 15 is 0 Å². The molecule has 2 aliphatic rings. The monoisotopic (exact) mass is 397 g/mol. The van der Waals surface area contributed by atoms with Gasteiger partial charge >= 0.3 is 0 Å². The Balaban J connectivity index is 1.53. The number of anilines is 2. The van der Waals surface area contributed by atoms with Gasteiger partial charge in [-0.25, -0.2) is 10.5 Å². The zero-order valence-electron chi connectivity index (χ0n) is 15.9. The van der Waals surface area contributed by atoms with Crippen LogP contribution in [0.15, 0.2) is 36.5 Å². The molecule has 152 valence electrons. The van der Waals surface area contributed by atoms with Gasteiger partial charge in [0.1, 0.15) is 5.82 Å². The molecule has 0 aliphatic carbocycles. The van der Waals surface area contributed by atoms with E-state index < -0.39 is 5.91 Å². The number of aromatic nitrogens is 1. The van der Waals surface area contributed by atoms with Gasteiger partial charge in [-0.05, 0) is 41.5 Å². The van der Waals surface area contributed by atoms with E-state index in [2.05, 4.69) is 15.2 Å². The highest BCUT2D eigenvalue weighted by atomic mass is 16.5. The largest absolute Gasteiger partial charge is 0.378 e. The number of fused-ring (bicyclic) bond motifs is 1. The Kier molecular flexibility index (Phi) is 5.70. The van der Waals surface area contributed by atoms with Gasteiger partial charge in [0.25, 0.3) is 5.91 Å². The molecular weight excluding hydrogens is 374 g/mol. The van der Waals surface area contributed by atoms with Gasteiger partial charge in [0, 0.05) is 43.6 Å². The van der Waals surface area contributed by atoms with Crippen LogP contribution < -0.4 is 15.7 Å². The van der Waals surface area contributed by atoms with Crippen LogP contribution in [-0.4, -0.2) is 59.8 Å². The molecule has 1 fully saturated rings. The second-order valence-corrected chi connectivity index (χ2v) is 7.13. The predicted molar refractivity (Wildman–Crippen MR) is 106 cm³/mol. The van der Waals surface area contributed by atoms with Gasteiger partial charge in [-0.3, -0.25) is 19.7 Å². The molecule has 3 N–H and O–H groups in total. The molecule has 29 heavy (non-hydrogen) atoms. The summed E-state index contributed by atoms with van der Waals surface area (Å²) in [6.07, 6.45) is 1.79. The fourth-order valence-corrected chi connectivity index (χ4v) is 3.64. The number of hydrogen-bond donors (Lipinski definition) is 3. The number of amides is 2. The Hall–Kier alpha value is -3.01. The van der Waals surface area contributed by atoms with Gasteiger partial charge < -0.3 is 15.0 Å². The van der Waals surface area contributed by atoms with E-state index in [-0.39, 0.29) is 12.5 Å². The normalized spacial score (nSPS) is 17.3. The van der Waals surface area contributed by atoms with Gasteiger partial charge in [-0.1, -0.05) is 0 Å². The first-order valence-electron chi connectivity index (χ1n) is 9.49. The Morgan fingerprint density at radius 2 is 2.03 bits per heavy atom. The number of nitrogens with zero attached hydrogens (tertiary/aromatic N) is 3. The van der Waals surface area contributed by atoms with E-state index in [0.29, 0.717) is 37.6 Å². The average Bonchev–Trinajstić information content (AvgIpc) is 2.90. The maximum atomic E-state index is 12.3. The number of carbonyl (C=O) groups excluding carboxylic acids is 2. The van der Waals surface area contributed by atoms with Crippen molar-refractivity contribution in [3.05, 3.63) is 53.2 Å². The number of rotatable bonds is 4. The molecule has 0 atom stereocenters. The fourth-order valence-electron chi connectivity index (χ4n) is 3.64. The van der Waals surface area contributed by atoms with Crippen LogP contribution in [0.1, 0.15) is 21.5 Å². The quantitative estimate of drug-likeness (QED) is 0.522. The van der Waals surface area contributed by atoms with Crippen molar-refractivity contribution in [2.75, 3.05) is 43.1 Å². The van der Waals surface area contributed by atoms with Crippen LogP contribution in [0.3, 0.4) is 0 Å². The number of nitrogens with one attached hydrogen (secondary N) is 2. The number of hydrogen-bond acceptors (Lipinski definition) is 7. The third-order valence-electron chi connectivity index (χ3n) is 5.06. The predicted octanol–water partition coefficient (Wildman–Crippen LogP) is 0.992. The summed E-state index contributed by atoms with van der Waals surface area (Å²) < 4.78 is 5.40. The summed E-state index contributed by atoms with van der Waals surface area (Å²) in [6, 6.07) is 8.93. The van der Waals surface area contributed by atoms with Gasteiger partial charge in [-0.2, -0.15) is 0 Å². The van der Waals surface area contributed by atoms with Crippen LogP contribution in [0.2, 0.25) is 0 Å². The fraction of sp³-hybridized carbons (Fsp3) is 0.350. The highest BCUT2D eigenvalue weighted by Gasteiger charge is 2.21. The summed E-state index contributed by atoms with van der Waals surface area (Å²) >= 11 is 0. The second-order valence-electron chi connectivity index (χ2n) is 7.13. The van der Waals surface area contributed by atoms with Crippen LogP contribution in [0, 0.1) is 0 Å². The van der Waals surface area contributed by atoms with E-state index in [1.807, 2.05) is 17.0 Å². The minimum atomic E-state index is -0.584. The van der Waals surface area contributed by atoms with Crippen LogP contribution >= 0.6 is 0 Å². The van der Waals surface area contributed by atoms with Gasteiger partial charge in [-0.15, -0.1) is 0 Å². The number of morpholine rings is 1. The van der Waals surface area contributed by atoms with Crippen LogP contribution in [0.4, 0.5) is 11.5 Å². The minimum absolute atomic E-state index is 0.106. The lowest BCUT2D eigenvalue weighted by atomic mass is 10.1. The highest BCUT2D eigenvalue weighted by Crippen LogP contribution is 2.24. The van der Waals surface area contributed by atoms with Crippen molar-refractivity contribution >= 4 is 23.3 Å². The molecule has 2 aromatic rings. The number of ether oxygens (including phenoxy) is 1. The Bertz CT molecular complexity index is 913. The summed E-state index contributed by atoms with van der Waals surface area (Å²) in [5.41, 5.74) is 4.53. The second kappa shape index (κ2) is 8.56. The molecule has 0 radical (unpaired) electrons. The van der Waals surface area contributed by atoms with Crippen molar-refractivity contribution in [1.29, 1.82) is 0 Å². The van der Waals surface area contributed by atoms with Gasteiger partial charge in [0.15, 0.2) is 0 Å². The lowest BCUT2D eigenvalue weighted by Gasteiger charge is -2.28. The summed E-state index contributed by atoms with van der Waals surface area (Å²) in [6.45, 7) is 4.32. The first-order chi connectivity index (χ1) is 14.1. The van der Waals surface area contributed by atoms with Crippen LogP contribution in [0.5, 0.6) is 0 Å². The molecule has 0 unspecified atom stereocenters. The molecule has 1 aromatic heterocycles. The smallest absolute Gasteiger partial charge is 0.274 e. The maximum absolute atomic E-state index is 12.3. The lowest BCUT2D eigenvalue weighted by molar-refractivity contribution is -0.117. The number of hydroxylamine groups is 1. The van der Waals surface area contributed by atoms with E-state index in [4.69, 9.17) is 9.94 Å². The van der Waals surface area contributed by atoms with E-state index in [0.717, 1.165) is 30.0 Å². The molecular formula is C20H23N5O4. The van der Waals surface area contributed by atoms with Gasteiger partial charge in [0.05, 0.1) is 19.8 Å². The van der Waals surface area contributed by atoms with Crippen LogP contribution in [-0.2, 0) is 22.6 Å². The average molecular weight is 397 g/mol. The number of carbonyl (C=O) groups is 2. The number of pyridine rings is 1. The zero-order chi connectivity index (χ0) is 20.2. The lowest BCUT2D eigenvalue weighted by Crippen LogP contribution is -2.36. The Morgan fingerprint density at radius 3 is 2.83 bits per heavy atom. The van der Waals surface area contributed by atoms with E-state index in [9.17, 15) is 9.59 Å². The highest BCUT2D eigenvalue weighted by molar-refractivity contribution is 5.97. The zero-order valence-corrected chi connectivity index (χ0v) is 15.9. The molecule has 0 spiro atoms. The molecule has 0 saturated carbocycles. The van der Waals surface area contributed by atoms with Crippen molar-refractivity contribution < 1.29 is 19.5 Å². The van der Waals surface area contributed by atoms with Crippen molar-refractivity contribution in [1.82, 2.24) is 15.4 Å². The minimum Gasteiger partial charge on any atom is -0.378 e. The summed E-state index contributed by atoms with van der Waals surface area (Å²) in [5, 5.41) is 11.7. The molecule has 9 nitrogen and oxygen atoms in total.